The molecule has 0 aliphatic carbocycles. The largest absolute Gasteiger partial charge is 0.354 e. The Labute approximate surface area is 96.9 Å². The fraction of sp³-hybridized carbons (Fsp3) is 0.900. The zero-order chi connectivity index (χ0) is 12.4. The van der Waals surface area contributed by atoms with E-state index in [0.29, 0.717) is 6.54 Å². The van der Waals surface area contributed by atoms with Crippen LogP contribution in [0.4, 0.5) is 0 Å². The Balaban J connectivity index is 2.48. The highest BCUT2D eigenvalue weighted by molar-refractivity contribution is 7.92. The van der Waals surface area contributed by atoms with Gasteiger partial charge >= 0.3 is 0 Å². The second kappa shape index (κ2) is 4.71. The fourth-order valence-corrected chi connectivity index (χ4v) is 1.79. The highest BCUT2D eigenvalue weighted by Gasteiger charge is 2.32. The van der Waals surface area contributed by atoms with Crippen molar-refractivity contribution in [1.29, 1.82) is 0 Å². The molecule has 5 nitrogen and oxygen atoms in total. The first-order chi connectivity index (χ1) is 7.24. The van der Waals surface area contributed by atoms with Crippen LogP contribution >= 0.6 is 0 Å². The van der Waals surface area contributed by atoms with E-state index in [1.807, 2.05) is 0 Å². The summed E-state index contributed by atoms with van der Waals surface area (Å²) >= 11 is 0. The number of amides is 1. The van der Waals surface area contributed by atoms with E-state index in [0.717, 1.165) is 13.0 Å². The molecule has 1 aliphatic rings. The molecule has 1 rings (SSSR count). The molecule has 0 aromatic rings. The minimum atomic E-state index is -3.15. The smallest absolute Gasteiger partial charge is 0.224 e. The molecule has 1 aliphatic heterocycles. The monoisotopic (exact) mass is 248 g/mol. The predicted molar refractivity (Wildman–Crippen MR) is 62.9 cm³/mol. The Morgan fingerprint density at radius 2 is 2.12 bits per heavy atom. The molecule has 0 aromatic carbocycles. The fourth-order valence-electron chi connectivity index (χ4n) is 1.45. The first-order valence-corrected chi connectivity index (χ1v) is 7.31. The summed E-state index contributed by atoms with van der Waals surface area (Å²) in [6.45, 7) is 4.95. The van der Waals surface area contributed by atoms with Gasteiger partial charge in [0.15, 0.2) is 9.84 Å². The highest BCUT2D eigenvalue weighted by Crippen LogP contribution is 2.14. The zero-order valence-electron chi connectivity index (χ0n) is 10.0. The molecule has 1 heterocycles. The third-order valence-corrected chi connectivity index (χ3v) is 5.28. The summed E-state index contributed by atoms with van der Waals surface area (Å²) in [4.78, 5) is 11.7. The van der Waals surface area contributed by atoms with Crippen LogP contribution in [0.1, 0.15) is 20.3 Å². The van der Waals surface area contributed by atoms with Gasteiger partial charge in [0.1, 0.15) is 0 Å². The number of hydrogen-bond donors (Lipinski definition) is 2. The summed E-state index contributed by atoms with van der Waals surface area (Å²) < 4.78 is 21.9. The average Bonchev–Trinajstić information content (AvgIpc) is 2.65. The van der Waals surface area contributed by atoms with Gasteiger partial charge in [-0.15, -0.1) is 0 Å². The van der Waals surface area contributed by atoms with E-state index in [9.17, 15) is 13.2 Å². The minimum Gasteiger partial charge on any atom is -0.354 e. The van der Waals surface area contributed by atoms with Crippen molar-refractivity contribution in [3.05, 3.63) is 0 Å². The third-order valence-electron chi connectivity index (χ3n) is 3.12. The average molecular weight is 248 g/mol. The van der Waals surface area contributed by atoms with E-state index < -0.39 is 14.6 Å². The molecule has 1 saturated heterocycles. The lowest BCUT2D eigenvalue weighted by Crippen LogP contribution is -2.45. The van der Waals surface area contributed by atoms with Crippen LogP contribution in [-0.2, 0) is 14.6 Å². The van der Waals surface area contributed by atoms with Gasteiger partial charge in [-0.3, -0.25) is 4.79 Å². The van der Waals surface area contributed by atoms with Crippen molar-refractivity contribution in [3.63, 3.8) is 0 Å². The van der Waals surface area contributed by atoms with E-state index in [-0.39, 0.29) is 18.4 Å². The van der Waals surface area contributed by atoms with Crippen molar-refractivity contribution in [2.24, 2.45) is 5.92 Å². The standard InChI is InChI=1S/C10H20N2O3S/c1-10(2,16(3,14)15)7-12-9(13)8-4-5-11-6-8/h8,11H,4-7H2,1-3H3,(H,12,13). The SMILES string of the molecule is CC(C)(CNC(=O)C1CCNC1)S(C)(=O)=O. The molecule has 16 heavy (non-hydrogen) atoms. The maximum Gasteiger partial charge on any atom is 0.224 e. The molecule has 1 unspecified atom stereocenters. The van der Waals surface area contributed by atoms with E-state index in [4.69, 9.17) is 0 Å². The Morgan fingerprint density at radius 1 is 1.50 bits per heavy atom. The van der Waals surface area contributed by atoms with Crippen LogP contribution in [0.3, 0.4) is 0 Å². The maximum absolute atomic E-state index is 11.7. The van der Waals surface area contributed by atoms with E-state index in [1.54, 1.807) is 13.8 Å². The van der Waals surface area contributed by atoms with Gasteiger partial charge in [0.2, 0.25) is 5.91 Å². The molecule has 0 bridgehead atoms. The van der Waals surface area contributed by atoms with Crippen molar-refractivity contribution in [2.75, 3.05) is 25.9 Å². The minimum absolute atomic E-state index is 0.0182. The zero-order valence-corrected chi connectivity index (χ0v) is 10.9. The summed E-state index contributed by atoms with van der Waals surface area (Å²) in [6.07, 6.45) is 2.02. The Hall–Kier alpha value is -0.620. The van der Waals surface area contributed by atoms with Crippen LogP contribution in [0.15, 0.2) is 0 Å². The topological polar surface area (TPSA) is 75.3 Å². The van der Waals surface area contributed by atoms with Crippen molar-refractivity contribution in [2.45, 2.75) is 25.0 Å². The Kier molecular flexibility index (Phi) is 3.96. The van der Waals surface area contributed by atoms with Crippen LogP contribution in [0.5, 0.6) is 0 Å². The summed E-state index contributed by atoms with van der Waals surface area (Å²) in [6, 6.07) is 0. The van der Waals surface area contributed by atoms with Gasteiger partial charge in [-0.05, 0) is 26.8 Å². The molecular formula is C10H20N2O3S. The molecule has 1 fully saturated rings. The van der Waals surface area contributed by atoms with Crippen LogP contribution in [-0.4, -0.2) is 45.0 Å². The first kappa shape index (κ1) is 13.4. The molecule has 1 amide bonds. The molecule has 0 saturated carbocycles. The quantitative estimate of drug-likeness (QED) is 0.705. The summed E-state index contributed by atoms with van der Waals surface area (Å²) in [5.41, 5.74) is 0. The summed E-state index contributed by atoms with van der Waals surface area (Å²) in [7, 11) is -3.15. The molecule has 94 valence electrons. The van der Waals surface area contributed by atoms with Crippen LogP contribution in [0.25, 0.3) is 0 Å². The van der Waals surface area contributed by atoms with Gasteiger partial charge in [0.25, 0.3) is 0 Å². The number of rotatable bonds is 4. The molecule has 0 aromatic heterocycles. The predicted octanol–water partition coefficient (Wildman–Crippen LogP) is -0.465. The summed E-state index contributed by atoms with van der Waals surface area (Å²) in [5, 5.41) is 5.81. The highest BCUT2D eigenvalue weighted by atomic mass is 32.2. The van der Waals surface area contributed by atoms with Crippen LogP contribution in [0.2, 0.25) is 0 Å². The van der Waals surface area contributed by atoms with Gasteiger partial charge in [0, 0.05) is 19.3 Å². The summed E-state index contributed by atoms with van der Waals surface area (Å²) in [5.74, 6) is -0.0721. The number of hydrogen-bond acceptors (Lipinski definition) is 4. The molecule has 0 radical (unpaired) electrons. The van der Waals surface area contributed by atoms with Crippen molar-refractivity contribution >= 4 is 15.7 Å². The number of sulfone groups is 1. The lowest BCUT2D eigenvalue weighted by atomic mass is 10.1. The van der Waals surface area contributed by atoms with Crippen LogP contribution in [0, 0.1) is 5.92 Å². The first-order valence-electron chi connectivity index (χ1n) is 5.42. The van der Waals surface area contributed by atoms with Crippen LogP contribution < -0.4 is 10.6 Å². The third kappa shape index (κ3) is 3.18. The van der Waals surface area contributed by atoms with Gasteiger partial charge in [-0.1, -0.05) is 0 Å². The number of carbonyl (C=O) groups is 1. The lowest BCUT2D eigenvalue weighted by molar-refractivity contribution is -0.124. The second-order valence-electron chi connectivity index (χ2n) is 4.94. The number of carbonyl (C=O) groups excluding carboxylic acids is 1. The lowest BCUT2D eigenvalue weighted by Gasteiger charge is -2.23. The molecular weight excluding hydrogens is 228 g/mol. The Morgan fingerprint density at radius 3 is 2.56 bits per heavy atom. The van der Waals surface area contributed by atoms with Gasteiger partial charge in [-0.25, -0.2) is 8.42 Å². The van der Waals surface area contributed by atoms with Gasteiger partial charge in [0.05, 0.1) is 10.7 Å². The van der Waals surface area contributed by atoms with E-state index >= 15 is 0 Å². The second-order valence-corrected chi connectivity index (χ2v) is 7.59. The van der Waals surface area contributed by atoms with Crippen molar-refractivity contribution < 1.29 is 13.2 Å². The number of nitrogens with one attached hydrogen (secondary N) is 2. The van der Waals surface area contributed by atoms with Crippen molar-refractivity contribution in [1.82, 2.24) is 10.6 Å². The van der Waals surface area contributed by atoms with E-state index in [1.165, 1.54) is 6.26 Å². The Bertz CT molecular complexity index is 356. The van der Waals surface area contributed by atoms with Crippen molar-refractivity contribution in [3.8, 4) is 0 Å². The molecule has 2 N–H and O–H groups in total. The van der Waals surface area contributed by atoms with Gasteiger partial charge < -0.3 is 10.6 Å². The van der Waals surface area contributed by atoms with Gasteiger partial charge in [-0.2, -0.15) is 0 Å². The molecule has 6 heteroatoms. The molecule has 1 atom stereocenters. The normalized spacial score (nSPS) is 22.1. The molecule has 0 spiro atoms. The maximum atomic E-state index is 11.7. The van der Waals surface area contributed by atoms with E-state index in [2.05, 4.69) is 10.6 Å².